The van der Waals surface area contributed by atoms with Gasteiger partial charge in [0.1, 0.15) is 4.88 Å². The Kier molecular flexibility index (Phi) is 3.90. The fourth-order valence-electron chi connectivity index (χ4n) is 2.01. The van der Waals surface area contributed by atoms with Crippen molar-refractivity contribution in [1.82, 2.24) is 0 Å². The third kappa shape index (κ3) is 2.49. The monoisotopic (exact) mass is 275 g/mol. The zero-order valence-electron chi connectivity index (χ0n) is 11.3. The molecular weight excluding hydrogens is 258 g/mol. The van der Waals surface area contributed by atoms with Crippen molar-refractivity contribution >= 4 is 23.0 Å². The molecule has 19 heavy (non-hydrogen) atoms. The van der Waals surface area contributed by atoms with E-state index in [0.29, 0.717) is 10.6 Å². The topological polar surface area (TPSA) is 52.3 Å². The summed E-state index contributed by atoms with van der Waals surface area (Å²) in [6.45, 7) is 4.09. The van der Waals surface area contributed by atoms with Crippen LogP contribution in [0.2, 0.25) is 0 Å². The quantitative estimate of drug-likeness (QED) is 0.870. The number of carbonyl (C=O) groups excluding carboxylic acids is 1. The third-order valence-electron chi connectivity index (χ3n) is 3.09. The number of nitrogen functional groups attached to an aromatic ring is 1. The lowest BCUT2D eigenvalue weighted by atomic mass is 10.0. The van der Waals surface area contributed by atoms with Crippen LogP contribution in [-0.4, -0.2) is 13.1 Å². The molecule has 2 rings (SSSR count). The predicted molar refractivity (Wildman–Crippen MR) is 79.6 cm³/mol. The summed E-state index contributed by atoms with van der Waals surface area (Å²) in [6.07, 6.45) is 0.794. The first-order valence-corrected chi connectivity index (χ1v) is 6.96. The maximum absolute atomic E-state index is 11.7. The summed E-state index contributed by atoms with van der Waals surface area (Å²) in [5.41, 5.74) is 9.94. The number of thiophene rings is 1. The van der Waals surface area contributed by atoms with E-state index in [1.165, 1.54) is 24.0 Å². The maximum Gasteiger partial charge on any atom is 0.350 e. The Morgan fingerprint density at radius 3 is 2.47 bits per heavy atom. The van der Waals surface area contributed by atoms with E-state index in [-0.39, 0.29) is 5.97 Å². The summed E-state index contributed by atoms with van der Waals surface area (Å²) in [6, 6.07) is 8.23. The van der Waals surface area contributed by atoms with Crippen molar-refractivity contribution in [3.63, 3.8) is 0 Å². The number of anilines is 1. The predicted octanol–water partition coefficient (Wildman–Crippen LogP) is 3.65. The molecule has 0 bridgehead atoms. The lowest BCUT2D eigenvalue weighted by Gasteiger charge is -2.03. The second kappa shape index (κ2) is 5.45. The molecule has 2 aromatic rings. The van der Waals surface area contributed by atoms with Crippen molar-refractivity contribution in [2.24, 2.45) is 0 Å². The van der Waals surface area contributed by atoms with Crippen LogP contribution >= 0.6 is 11.3 Å². The van der Waals surface area contributed by atoms with Crippen LogP contribution in [0.5, 0.6) is 0 Å². The van der Waals surface area contributed by atoms with Gasteiger partial charge in [-0.15, -0.1) is 11.3 Å². The standard InChI is InChI=1S/C15H17NO2S/c1-4-11-12(16)14(15(17)18-3)19-13(11)10-7-5-9(2)6-8-10/h5-8H,4,16H2,1-3H3. The zero-order valence-corrected chi connectivity index (χ0v) is 12.1. The van der Waals surface area contributed by atoms with Crippen LogP contribution in [0.25, 0.3) is 10.4 Å². The van der Waals surface area contributed by atoms with Gasteiger partial charge in [-0.1, -0.05) is 36.8 Å². The minimum atomic E-state index is -0.365. The number of esters is 1. The molecule has 4 heteroatoms. The summed E-state index contributed by atoms with van der Waals surface area (Å²) in [5.74, 6) is -0.365. The number of hydrogen-bond donors (Lipinski definition) is 1. The number of rotatable bonds is 3. The summed E-state index contributed by atoms with van der Waals surface area (Å²) < 4.78 is 4.78. The number of ether oxygens (including phenoxy) is 1. The van der Waals surface area contributed by atoms with Gasteiger partial charge in [-0.3, -0.25) is 0 Å². The first-order valence-electron chi connectivity index (χ1n) is 6.15. The molecular formula is C15H17NO2S. The maximum atomic E-state index is 11.7. The number of benzene rings is 1. The highest BCUT2D eigenvalue weighted by Crippen LogP contribution is 2.39. The largest absolute Gasteiger partial charge is 0.465 e. The first kappa shape index (κ1) is 13.6. The van der Waals surface area contributed by atoms with Crippen molar-refractivity contribution in [3.8, 4) is 10.4 Å². The van der Waals surface area contributed by atoms with Crippen molar-refractivity contribution in [2.75, 3.05) is 12.8 Å². The van der Waals surface area contributed by atoms with E-state index in [1.54, 1.807) is 0 Å². The third-order valence-corrected chi connectivity index (χ3v) is 4.36. The molecule has 0 fully saturated rings. The molecule has 0 aliphatic heterocycles. The molecule has 2 N–H and O–H groups in total. The van der Waals surface area contributed by atoms with Gasteiger partial charge in [0.15, 0.2) is 0 Å². The van der Waals surface area contributed by atoms with E-state index in [2.05, 4.69) is 24.3 Å². The fraction of sp³-hybridized carbons (Fsp3) is 0.267. The molecule has 0 atom stereocenters. The normalized spacial score (nSPS) is 10.5. The fourth-order valence-corrected chi connectivity index (χ4v) is 3.25. The Morgan fingerprint density at radius 2 is 1.95 bits per heavy atom. The Bertz CT molecular complexity index is 599. The lowest BCUT2D eigenvalue weighted by Crippen LogP contribution is -2.02. The molecule has 1 heterocycles. The highest BCUT2D eigenvalue weighted by atomic mass is 32.1. The van der Waals surface area contributed by atoms with Gasteiger partial charge in [0.2, 0.25) is 0 Å². The summed E-state index contributed by atoms with van der Waals surface area (Å²) in [4.78, 5) is 13.3. The lowest BCUT2D eigenvalue weighted by molar-refractivity contribution is 0.0607. The van der Waals surface area contributed by atoms with Crippen molar-refractivity contribution in [2.45, 2.75) is 20.3 Å². The van der Waals surface area contributed by atoms with E-state index in [0.717, 1.165) is 22.4 Å². The highest BCUT2D eigenvalue weighted by Gasteiger charge is 2.21. The molecule has 0 unspecified atom stereocenters. The van der Waals surface area contributed by atoms with Crippen LogP contribution in [-0.2, 0) is 11.2 Å². The van der Waals surface area contributed by atoms with Crippen LogP contribution in [0.15, 0.2) is 24.3 Å². The molecule has 0 spiro atoms. The van der Waals surface area contributed by atoms with E-state index < -0.39 is 0 Å². The van der Waals surface area contributed by atoms with E-state index >= 15 is 0 Å². The smallest absolute Gasteiger partial charge is 0.350 e. The molecule has 3 nitrogen and oxygen atoms in total. The minimum absolute atomic E-state index is 0.365. The number of nitrogens with two attached hydrogens (primary N) is 1. The summed E-state index contributed by atoms with van der Waals surface area (Å²) >= 11 is 1.40. The average Bonchev–Trinajstić information content (AvgIpc) is 2.75. The number of methoxy groups -OCH3 is 1. The van der Waals surface area contributed by atoms with Crippen LogP contribution in [0.1, 0.15) is 27.7 Å². The van der Waals surface area contributed by atoms with Crippen LogP contribution in [0.4, 0.5) is 5.69 Å². The number of hydrogen-bond acceptors (Lipinski definition) is 4. The Balaban J connectivity index is 2.57. The van der Waals surface area contributed by atoms with Crippen LogP contribution in [0, 0.1) is 6.92 Å². The van der Waals surface area contributed by atoms with E-state index in [9.17, 15) is 4.79 Å². The molecule has 0 aliphatic rings. The summed E-state index contributed by atoms with van der Waals surface area (Å²) in [7, 11) is 1.37. The number of aryl methyl sites for hydroxylation is 1. The van der Waals surface area contributed by atoms with Gasteiger partial charge in [0.25, 0.3) is 0 Å². The Labute approximate surface area is 117 Å². The van der Waals surface area contributed by atoms with Gasteiger partial charge >= 0.3 is 5.97 Å². The molecule has 1 aromatic carbocycles. The van der Waals surface area contributed by atoms with Crippen LogP contribution < -0.4 is 5.73 Å². The molecule has 100 valence electrons. The number of carbonyl (C=O) groups is 1. The van der Waals surface area contributed by atoms with Crippen molar-refractivity contribution in [1.29, 1.82) is 0 Å². The van der Waals surface area contributed by atoms with Gasteiger partial charge in [-0.25, -0.2) is 4.79 Å². The van der Waals surface area contributed by atoms with Gasteiger partial charge in [0.05, 0.1) is 12.8 Å². The average molecular weight is 275 g/mol. The van der Waals surface area contributed by atoms with Gasteiger partial charge in [0, 0.05) is 4.88 Å². The van der Waals surface area contributed by atoms with Gasteiger partial charge in [-0.05, 0) is 24.5 Å². The molecule has 0 aliphatic carbocycles. The highest BCUT2D eigenvalue weighted by molar-refractivity contribution is 7.18. The second-order valence-electron chi connectivity index (χ2n) is 4.36. The second-order valence-corrected chi connectivity index (χ2v) is 5.38. The first-order chi connectivity index (χ1) is 9.08. The van der Waals surface area contributed by atoms with E-state index in [1.807, 2.05) is 13.8 Å². The molecule has 0 radical (unpaired) electrons. The minimum Gasteiger partial charge on any atom is -0.465 e. The van der Waals surface area contributed by atoms with Crippen molar-refractivity contribution in [3.05, 3.63) is 40.3 Å². The molecule has 0 amide bonds. The van der Waals surface area contributed by atoms with Crippen molar-refractivity contribution < 1.29 is 9.53 Å². The van der Waals surface area contributed by atoms with Gasteiger partial charge < -0.3 is 10.5 Å². The molecule has 0 saturated heterocycles. The summed E-state index contributed by atoms with van der Waals surface area (Å²) in [5, 5.41) is 0. The SMILES string of the molecule is CCc1c(-c2ccc(C)cc2)sc(C(=O)OC)c1N. The molecule has 0 saturated carbocycles. The molecule has 1 aromatic heterocycles. The van der Waals surface area contributed by atoms with Gasteiger partial charge in [-0.2, -0.15) is 0 Å². The van der Waals surface area contributed by atoms with E-state index in [4.69, 9.17) is 10.5 Å². The Hall–Kier alpha value is -1.81. The zero-order chi connectivity index (χ0) is 14.0. The van der Waals surface area contributed by atoms with Crippen LogP contribution in [0.3, 0.4) is 0 Å². The Morgan fingerprint density at radius 1 is 1.32 bits per heavy atom.